The van der Waals surface area contributed by atoms with Gasteiger partial charge < -0.3 is 20.5 Å². The molecule has 24 heavy (non-hydrogen) atoms. The second kappa shape index (κ2) is 8.20. The van der Waals surface area contributed by atoms with Gasteiger partial charge in [-0.1, -0.05) is 18.2 Å². The van der Waals surface area contributed by atoms with Crippen molar-refractivity contribution in [2.75, 3.05) is 39.8 Å². The van der Waals surface area contributed by atoms with Crippen molar-refractivity contribution < 1.29 is 0 Å². The maximum atomic E-state index is 4.77. The summed E-state index contributed by atoms with van der Waals surface area (Å²) in [6.45, 7) is 7.16. The molecule has 5 heteroatoms. The predicted molar refractivity (Wildman–Crippen MR) is 102 cm³/mol. The summed E-state index contributed by atoms with van der Waals surface area (Å²) in [5.74, 6) is 1.63. The molecule has 2 heterocycles. The lowest BCUT2D eigenvalue weighted by Gasteiger charge is -2.13. The molecule has 0 amide bonds. The van der Waals surface area contributed by atoms with E-state index in [4.69, 9.17) is 4.99 Å². The molecule has 1 aromatic carbocycles. The van der Waals surface area contributed by atoms with Gasteiger partial charge in [-0.25, -0.2) is 0 Å². The number of guanidine groups is 1. The predicted octanol–water partition coefficient (Wildman–Crippen LogP) is 2.22. The van der Waals surface area contributed by atoms with Crippen LogP contribution >= 0.6 is 0 Å². The molecule has 1 unspecified atom stereocenters. The number of rotatable bonds is 6. The smallest absolute Gasteiger partial charge is 0.191 e. The third kappa shape index (κ3) is 4.29. The first-order chi connectivity index (χ1) is 11.8. The molecule has 1 aliphatic rings. The molecular weight excluding hydrogens is 298 g/mol. The minimum atomic E-state index is 0.694. The minimum absolute atomic E-state index is 0.694. The number of H-pyrrole nitrogens is 1. The number of nitrogens with one attached hydrogen (secondary N) is 3. The molecule has 1 atom stereocenters. The van der Waals surface area contributed by atoms with Gasteiger partial charge in [-0.3, -0.25) is 4.99 Å². The van der Waals surface area contributed by atoms with Gasteiger partial charge >= 0.3 is 0 Å². The molecule has 0 bridgehead atoms. The molecule has 3 rings (SSSR count). The van der Waals surface area contributed by atoms with Crippen LogP contribution in [0.2, 0.25) is 0 Å². The molecule has 2 aromatic rings. The van der Waals surface area contributed by atoms with Crippen molar-refractivity contribution in [3.8, 4) is 0 Å². The van der Waals surface area contributed by atoms with Crippen LogP contribution in [0.25, 0.3) is 10.9 Å². The van der Waals surface area contributed by atoms with E-state index in [1.165, 1.54) is 29.4 Å². The van der Waals surface area contributed by atoms with Gasteiger partial charge in [0, 0.05) is 43.3 Å². The topological polar surface area (TPSA) is 55.5 Å². The average Bonchev–Trinajstić information content (AvgIpc) is 3.19. The lowest BCUT2D eigenvalue weighted by Crippen LogP contribution is -2.38. The number of aliphatic imine (C=N–C) groups is 1. The van der Waals surface area contributed by atoms with E-state index in [-0.39, 0.29) is 0 Å². The monoisotopic (exact) mass is 327 g/mol. The van der Waals surface area contributed by atoms with Gasteiger partial charge in [-0.15, -0.1) is 0 Å². The average molecular weight is 327 g/mol. The summed E-state index contributed by atoms with van der Waals surface area (Å²) in [7, 11) is 2.19. The SMILES string of the molecule is CCNC(=NCC1CCN(C)C1)NCCc1c[nH]c2ccccc12. The number of para-hydroxylation sites is 1. The first-order valence-corrected chi connectivity index (χ1v) is 9.02. The second-order valence-corrected chi connectivity index (χ2v) is 6.67. The van der Waals surface area contributed by atoms with Crippen LogP contribution in [-0.4, -0.2) is 55.6 Å². The number of hydrogen-bond donors (Lipinski definition) is 3. The number of likely N-dealkylation sites (tertiary alicyclic amines) is 1. The minimum Gasteiger partial charge on any atom is -0.361 e. The van der Waals surface area contributed by atoms with E-state index >= 15 is 0 Å². The quantitative estimate of drug-likeness (QED) is 0.563. The molecule has 1 fully saturated rings. The Morgan fingerprint density at radius 2 is 2.21 bits per heavy atom. The molecule has 1 aromatic heterocycles. The normalized spacial score (nSPS) is 19.1. The van der Waals surface area contributed by atoms with Crippen LogP contribution in [0.4, 0.5) is 0 Å². The number of aromatic nitrogens is 1. The standard InChI is InChI=1S/C19H29N5/c1-3-20-19(23-12-15-9-11-24(2)14-15)21-10-8-16-13-22-18-7-5-4-6-17(16)18/h4-7,13,15,22H,3,8-12,14H2,1-2H3,(H2,20,21,23). The third-order valence-electron chi connectivity index (χ3n) is 4.70. The molecular formula is C19H29N5. The zero-order chi connectivity index (χ0) is 16.8. The number of nitrogens with zero attached hydrogens (tertiary/aromatic N) is 2. The van der Waals surface area contributed by atoms with Gasteiger partial charge in [-0.05, 0) is 50.9 Å². The summed E-state index contributed by atoms with van der Waals surface area (Å²) in [6, 6.07) is 8.46. The highest BCUT2D eigenvalue weighted by Gasteiger charge is 2.18. The van der Waals surface area contributed by atoms with Crippen molar-refractivity contribution in [3.63, 3.8) is 0 Å². The molecule has 1 saturated heterocycles. The Labute approximate surface area is 144 Å². The highest BCUT2D eigenvalue weighted by Crippen LogP contribution is 2.17. The van der Waals surface area contributed by atoms with Crippen molar-refractivity contribution in [1.82, 2.24) is 20.5 Å². The lowest BCUT2D eigenvalue weighted by atomic mass is 10.1. The van der Waals surface area contributed by atoms with Gasteiger partial charge in [-0.2, -0.15) is 0 Å². The van der Waals surface area contributed by atoms with E-state index < -0.39 is 0 Å². The fraction of sp³-hybridized carbons (Fsp3) is 0.526. The summed E-state index contributed by atoms with van der Waals surface area (Å²) in [6.07, 6.45) is 4.36. The third-order valence-corrected chi connectivity index (χ3v) is 4.70. The molecule has 3 N–H and O–H groups in total. The van der Waals surface area contributed by atoms with E-state index in [1.54, 1.807) is 0 Å². The maximum Gasteiger partial charge on any atom is 0.191 e. The Balaban J connectivity index is 1.52. The van der Waals surface area contributed by atoms with Crippen molar-refractivity contribution in [1.29, 1.82) is 0 Å². The van der Waals surface area contributed by atoms with Crippen LogP contribution in [0.3, 0.4) is 0 Å². The fourth-order valence-electron chi connectivity index (χ4n) is 3.39. The summed E-state index contributed by atoms with van der Waals surface area (Å²) < 4.78 is 0. The van der Waals surface area contributed by atoms with Gasteiger partial charge in [0.25, 0.3) is 0 Å². The fourth-order valence-corrected chi connectivity index (χ4v) is 3.39. The first kappa shape index (κ1) is 16.8. The van der Waals surface area contributed by atoms with Gasteiger partial charge in [0.1, 0.15) is 0 Å². The van der Waals surface area contributed by atoms with Crippen LogP contribution in [0, 0.1) is 5.92 Å². The van der Waals surface area contributed by atoms with Gasteiger partial charge in [0.15, 0.2) is 5.96 Å². The Bertz CT molecular complexity index is 675. The zero-order valence-corrected chi connectivity index (χ0v) is 14.8. The van der Waals surface area contributed by atoms with Gasteiger partial charge in [0.05, 0.1) is 0 Å². The van der Waals surface area contributed by atoms with E-state index in [1.807, 2.05) is 0 Å². The van der Waals surface area contributed by atoms with Crippen molar-refractivity contribution >= 4 is 16.9 Å². The molecule has 0 spiro atoms. The summed E-state index contributed by atoms with van der Waals surface area (Å²) in [5.41, 5.74) is 2.56. The lowest BCUT2D eigenvalue weighted by molar-refractivity contribution is 0.397. The second-order valence-electron chi connectivity index (χ2n) is 6.67. The van der Waals surface area contributed by atoms with Crippen LogP contribution in [-0.2, 0) is 6.42 Å². The van der Waals surface area contributed by atoms with E-state index in [0.717, 1.165) is 38.6 Å². The summed E-state index contributed by atoms with van der Waals surface area (Å²) in [5, 5.41) is 8.14. The Hall–Kier alpha value is -2.01. The number of aromatic amines is 1. The number of fused-ring (bicyclic) bond motifs is 1. The summed E-state index contributed by atoms with van der Waals surface area (Å²) in [4.78, 5) is 10.5. The summed E-state index contributed by atoms with van der Waals surface area (Å²) >= 11 is 0. The Morgan fingerprint density at radius 3 is 3.00 bits per heavy atom. The van der Waals surface area contributed by atoms with Crippen molar-refractivity contribution in [2.45, 2.75) is 19.8 Å². The highest BCUT2D eigenvalue weighted by molar-refractivity contribution is 5.83. The number of hydrogen-bond acceptors (Lipinski definition) is 2. The molecule has 0 radical (unpaired) electrons. The molecule has 5 nitrogen and oxygen atoms in total. The Morgan fingerprint density at radius 1 is 1.33 bits per heavy atom. The largest absolute Gasteiger partial charge is 0.361 e. The van der Waals surface area contributed by atoms with Crippen LogP contribution < -0.4 is 10.6 Å². The molecule has 0 aliphatic carbocycles. The van der Waals surface area contributed by atoms with Crippen LogP contribution in [0.5, 0.6) is 0 Å². The Kier molecular flexibility index (Phi) is 5.75. The van der Waals surface area contributed by atoms with E-state index in [2.05, 4.69) is 65.0 Å². The highest BCUT2D eigenvalue weighted by atomic mass is 15.2. The molecule has 1 aliphatic heterocycles. The zero-order valence-electron chi connectivity index (χ0n) is 14.8. The van der Waals surface area contributed by atoms with Crippen molar-refractivity contribution in [3.05, 3.63) is 36.0 Å². The molecule has 130 valence electrons. The maximum absolute atomic E-state index is 4.77. The van der Waals surface area contributed by atoms with Crippen LogP contribution in [0.1, 0.15) is 18.9 Å². The van der Waals surface area contributed by atoms with Crippen LogP contribution in [0.15, 0.2) is 35.5 Å². The van der Waals surface area contributed by atoms with Gasteiger partial charge in [0.2, 0.25) is 0 Å². The van der Waals surface area contributed by atoms with E-state index in [9.17, 15) is 0 Å². The van der Waals surface area contributed by atoms with E-state index in [0.29, 0.717) is 5.92 Å². The first-order valence-electron chi connectivity index (χ1n) is 9.02. The molecule has 0 saturated carbocycles. The number of benzene rings is 1. The van der Waals surface area contributed by atoms with Crippen molar-refractivity contribution in [2.24, 2.45) is 10.9 Å².